The highest BCUT2D eigenvalue weighted by Gasteiger charge is 2.39. The molecule has 1 N–H and O–H groups in total. The van der Waals surface area contributed by atoms with Gasteiger partial charge in [-0.3, -0.25) is 0 Å². The third kappa shape index (κ3) is 2.11. The van der Waals surface area contributed by atoms with Crippen molar-refractivity contribution >= 4 is 11.4 Å². The largest absolute Gasteiger partial charge is 0.380 e. The van der Waals surface area contributed by atoms with Gasteiger partial charge in [0.15, 0.2) is 0 Å². The molecule has 1 saturated heterocycles. The molecular formula is C17H24N2. The van der Waals surface area contributed by atoms with Gasteiger partial charge in [0.05, 0.1) is 11.4 Å². The Morgan fingerprint density at radius 2 is 1.84 bits per heavy atom. The van der Waals surface area contributed by atoms with E-state index >= 15 is 0 Å². The van der Waals surface area contributed by atoms with Crippen LogP contribution < -0.4 is 10.2 Å². The number of hydrogen-bond donors (Lipinski definition) is 1. The number of nitrogens with zero attached hydrogens (tertiary/aromatic N) is 1. The van der Waals surface area contributed by atoms with E-state index in [1.807, 2.05) is 0 Å². The summed E-state index contributed by atoms with van der Waals surface area (Å²) in [4.78, 5) is 2.55. The number of anilines is 2. The van der Waals surface area contributed by atoms with Crippen molar-refractivity contribution in [1.29, 1.82) is 0 Å². The van der Waals surface area contributed by atoms with Gasteiger partial charge in [-0.05, 0) is 56.1 Å². The maximum absolute atomic E-state index is 3.88. The van der Waals surface area contributed by atoms with E-state index in [9.17, 15) is 0 Å². The van der Waals surface area contributed by atoms with Crippen LogP contribution in [0.3, 0.4) is 0 Å². The van der Waals surface area contributed by atoms with E-state index in [0.717, 1.165) is 17.9 Å². The first kappa shape index (κ1) is 11.6. The zero-order valence-electron chi connectivity index (χ0n) is 11.6. The lowest BCUT2D eigenvalue weighted by molar-refractivity contribution is 0.440. The first-order chi connectivity index (χ1) is 9.40. The van der Waals surface area contributed by atoms with Crippen LogP contribution in [0.25, 0.3) is 0 Å². The zero-order valence-corrected chi connectivity index (χ0v) is 11.6. The summed E-state index contributed by atoms with van der Waals surface area (Å²) in [6.45, 7) is 2.46. The molecule has 0 radical (unpaired) electrons. The molecule has 3 atom stereocenters. The average Bonchev–Trinajstić information content (AvgIpc) is 3.17. The van der Waals surface area contributed by atoms with E-state index < -0.39 is 0 Å². The summed E-state index contributed by atoms with van der Waals surface area (Å²) in [6, 6.07) is 9.66. The molecule has 4 rings (SSSR count). The Hall–Kier alpha value is -1.18. The predicted molar refractivity (Wildman–Crippen MR) is 80.7 cm³/mol. The summed E-state index contributed by atoms with van der Waals surface area (Å²) < 4.78 is 0. The SMILES string of the molecule is c1ccc(N2CCCC2)c(NC2CC3CCC2C3)c1. The van der Waals surface area contributed by atoms with E-state index in [0.29, 0.717) is 0 Å². The lowest BCUT2D eigenvalue weighted by Crippen LogP contribution is -2.27. The molecule has 2 saturated carbocycles. The van der Waals surface area contributed by atoms with Crippen LogP contribution >= 0.6 is 0 Å². The van der Waals surface area contributed by atoms with Crippen molar-refractivity contribution in [2.24, 2.45) is 11.8 Å². The quantitative estimate of drug-likeness (QED) is 0.882. The molecule has 1 aromatic carbocycles. The highest BCUT2D eigenvalue weighted by Crippen LogP contribution is 2.46. The number of hydrogen-bond acceptors (Lipinski definition) is 2. The first-order valence-electron chi connectivity index (χ1n) is 8.00. The molecule has 2 heteroatoms. The average molecular weight is 256 g/mol. The van der Waals surface area contributed by atoms with Gasteiger partial charge < -0.3 is 10.2 Å². The normalized spacial score (nSPS) is 33.1. The second kappa shape index (κ2) is 4.73. The molecule has 3 fully saturated rings. The maximum atomic E-state index is 3.88. The molecular weight excluding hydrogens is 232 g/mol. The van der Waals surface area contributed by atoms with Crippen LogP contribution in [-0.2, 0) is 0 Å². The van der Waals surface area contributed by atoms with Gasteiger partial charge in [-0.1, -0.05) is 18.6 Å². The van der Waals surface area contributed by atoms with Crippen LogP contribution in [0, 0.1) is 11.8 Å². The molecule has 0 aromatic heterocycles. The van der Waals surface area contributed by atoms with E-state index in [1.54, 1.807) is 0 Å². The zero-order chi connectivity index (χ0) is 12.7. The lowest BCUT2D eigenvalue weighted by atomic mass is 9.95. The smallest absolute Gasteiger partial charge is 0.0602 e. The molecule has 1 aromatic rings. The summed E-state index contributed by atoms with van der Waals surface area (Å²) in [5.74, 6) is 1.96. The van der Waals surface area contributed by atoms with Gasteiger partial charge in [0.2, 0.25) is 0 Å². The minimum Gasteiger partial charge on any atom is -0.380 e. The Balaban J connectivity index is 1.54. The fraction of sp³-hybridized carbons (Fsp3) is 0.647. The number of rotatable bonds is 3. The van der Waals surface area contributed by atoms with Gasteiger partial charge >= 0.3 is 0 Å². The summed E-state index contributed by atoms with van der Waals surface area (Å²) in [5.41, 5.74) is 2.81. The lowest BCUT2D eigenvalue weighted by Gasteiger charge is -2.28. The third-order valence-corrected chi connectivity index (χ3v) is 5.43. The summed E-state index contributed by atoms with van der Waals surface area (Å²) in [6.07, 6.45) is 8.51. The van der Waals surface area contributed by atoms with Crippen molar-refractivity contribution in [1.82, 2.24) is 0 Å². The van der Waals surface area contributed by atoms with Crippen molar-refractivity contribution < 1.29 is 0 Å². The van der Waals surface area contributed by atoms with Crippen LogP contribution in [-0.4, -0.2) is 19.1 Å². The number of fused-ring (bicyclic) bond motifs is 2. The molecule has 0 spiro atoms. The van der Waals surface area contributed by atoms with Crippen LogP contribution in [0.4, 0.5) is 11.4 Å². The Morgan fingerprint density at radius 3 is 2.58 bits per heavy atom. The van der Waals surface area contributed by atoms with E-state index in [1.165, 1.54) is 63.0 Å². The Bertz CT molecular complexity index is 450. The van der Waals surface area contributed by atoms with Gasteiger partial charge in [0.25, 0.3) is 0 Å². The summed E-state index contributed by atoms with van der Waals surface area (Å²) >= 11 is 0. The second-order valence-electron chi connectivity index (χ2n) is 6.64. The molecule has 0 amide bonds. The highest BCUT2D eigenvalue weighted by atomic mass is 15.2. The van der Waals surface area contributed by atoms with E-state index in [2.05, 4.69) is 34.5 Å². The van der Waals surface area contributed by atoms with Gasteiger partial charge in [-0.15, -0.1) is 0 Å². The van der Waals surface area contributed by atoms with Crippen molar-refractivity contribution in [3.8, 4) is 0 Å². The standard InChI is InChI=1S/C17H24N2/c1-2-6-17(19-9-3-4-10-19)15(5-1)18-16-12-13-7-8-14(16)11-13/h1-2,5-6,13-14,16,18H,3-4,7-12H2. The van der Waals surface area contributed by atoms with Crippen LogP contribution in [0.2, 0.25) is 0 Å². The summed E-state index contributed by atoms with van der Waals surface area (Å²) in [5, 5.41) is 3.88. The van der Waals surface area contributed by atoms with Gasteiger partial charge in [-0.25, -0.2) is 0 Å². The van der Waals surface area contributed by atoms with Crippen LogP contribution in [0.1, 0.15) is 38.5 Å². The minimum absolute atomic E-state index is 0.738. The van der Waals surface area contributed by atoms with Gasteiger partial charge in [0, 0.05) is 19.1 Å². The highest BCUT2D eigenvalue weighted by molar-refractivity contribution is 5.70. The molecule has 102 valence electrons. The van der Waals surface area contributed by atoms with Crippen molar-refractivity contribution in [2.45, 2.75) is 44.6 Å². The monoisotopic (exact) mass is 256 g/mol. The maximum Gasteiger partial charge on any atom is 0.0602 e. The van der Waals surface area contributed by atoms with Crippen molar-refractivity contribution in [3.05, 3.63) is 24.3 Å². The van der Waals surface area contributed by atoms with Crippen molar-refractivity contribution in [2.75, 3.05) is 23.3 Å². The molecule has 3 aliphatic rings. The van der Waals surface area contributed by atoms with Gasteiger partial charge in [-0.2, -0.15) is 0 Å². The third-order valence-electron chi connectivity index (χ3n) is 5.43. The number of nitrogens with one attached hydrogen (secondary N) is 1. The molecule has 3 unspecified atom stereocenters. The fourth-order valence-corrected chi connectivity index (χ4v) is 4.45. The number of benzene rings is 1. The van der Waals surface area contributed by atoms with Crippen LogP contribution in [0.5, 0.6) is 0 Å². The second-order valence-corrected chi connectivity index (χ2v) is 6.64. The molecule has 2 aliphatic carbocycles. The van der Waals surface area contributed by atoms with Gasteiger partial charge in [0.1, 0.15) is 0 Å². The first-order valence-corrected chi connectivity index (χ1v) is 8.00. The number of para-hydroxylation sites is 2. The predicted octanol–water partition coefficient (Wildman–Crippen LogP) is 3.89. The Kier molecular flexibility index (Phi) is 2.90. The molecule has 2 nitrogen and oxygen atoms in total. The van der Waals surface area contributed by atoms with Crippen molar-refractivity contribution in [3.63, 3.8) is 0 Å². The Morgan fingerprint density at radius 1 is 1.00 bits per heavy atom. The molecule has 1 aliphatic heterocycles. The van der Waals surface area contributed by atoms with E-state index in [4.69, 9.17) is 0 Å². The van der Waals surface area contributed by atoms with Crippen LogP contribution in [0.15, 0.2) is 24.3 Å². The molecule has 2 bridgehead atoms. The fourth-order valence-electron chi connectivity index (χ4n) is 4.45. The Labute approximate surface area is 116 Å². The minimum atomic E-state index is 0.738. The molecule has 1 heterocycles. The summed E-state index contributed by atoms with van der Waals surface area (Å²) in [7, 11) is 0. The molecule has 19 heavy (non-hydrogen) atoms. The topological polar surface area (TPSA) is 15.3 Å². The van der Waals surface area contributed by atoms with E-state index in [-0.39, 0.29) is 0 Å².